The molecule has 0 spiro atoms. The van der Waals surface area contributed by atoms with Crippen molar-refractivity contribution in [2.45, 2.75) is 58.3 Å². The molecule has 0 radical (unpaired) electrons. The van der Waals surface area contributed by atoms with E-state index in [1.807, 2.05) is 12.4 Å². The summed E-state index contributed by atoms with van der Waals surface area (Å²) in [5.41, 5.74) is 0.304. The van der Waals surface area contributed by atoms with Gasteiger partial charge >= 0.3 is 0 Å². The molecule has 1 saturated carbocycles. The van der Waals surface area contributed by atoms with Gasteiger partial charge in [0.15, 0.2) is 0 Å². The maximum absolute atomic E-state index is 6.63. The largest absolute Gasteiger partial charge is 0.338 e. The molecule has 0 amide bonds. The van der Waals surface area contributed by atoms with Crippen molar-refractivity contribution < 1.29 is 0 Å². The molecule has 0 bridgehead atoms. The Labute approximate surface area is 122 Å². The first-order valence-corrected chi connectivity index (χ1v) is 7.94. The molecule has 1 fully saturated rings. The Morgan fingerprint density at radius 1 is 1.42 bits per heavy atom. The Bertz CT molecular complexity index is 411. The van der Waals surface area contributed by atoms with Crippen molar-refractivity contribution in [3.63, 3.8) is 0 Å². The van der Waals surface area contributed by atoms with Gasteiger partial charge in [-0.05, 0) is 36.5 Å². The number of aryl methyl sites for hydroxylation is 2. The first-order valence-electron chi connectivity index (χ1n) is 7.50. The fourth-order valence-corrected chi connectivity index (χ4v) is 4.22. The quantitative estimate of drug-likeness (QED) is 0.748. The molecule has 2 nitrogen and oxygen atoms in total. The van der Waals surface area contributed by atoms with Gasteiger partial charge in [0.1, 0.15) is 5.82 Å². The van der Waals surface area contributed by atoms with Crippen molar-refractivity contribution in [2.75, 3.05) is 0 Å². The van der Waals surface area contributed by atoms with Gasteiger partial charge in [-0.3, -0.25) is 0 Å². The molecule has 3 heteroatoms. The molecule has 0 N–H and O–H groups in total. The average molecular weight is 283 g/mol. The molecule has 1 heterocycles. The van der Waals surface area contributed by atoms with E-state index in [1.54, 1.807) is 0 Å². The van der Waals surface area contributed by atoms with E-state index in [0.29, 0.717) is 16.7 Å². The monoisotopic (exact) mass is 282 g/mol. The molecular weight excluding hydrogens is 256 g/mol. The molecule has 1 aromatic rings. The number of imidazole rings is 1. The zero-order valence-corrected chi connectivity index (χ0v) is 13.5. The number of hydrogen-bond acceptors (Lipinski definition) is 1. The van der Waals surface area contributed by atoms with Crippen molar-refractivity contribution in [1.82, 2.24) is 9.55 Å². The number of alkyl halides is 1. The van der Waals surface area contributed by atoms with E-state index in [-0.39, 0.29) is 0 Å². The van der Waals surface area contributed by atoms with Crippen molar-refractivity contribution in [2.24, 2.45) is 24.3 Å². The highest BCUT2D eigenvalue weighted by Gasteiger charge is 2.37. The number of nitrogens with zero attached hydrogens (tertiary/aromatic N) is 2. The zero-order valence-electron chi connectivity index (χ0n) is 12.7. The lowest BCUT2D eigenvalue weighted by Gasteiger charge is -2.42. The lowest BCUT2D eigenvalue weighted by Crippen LogP contribution is -2.36. The highest BCUT2D eigenvalue weighted by molar-refractivity contribution is 6.20. The first-order chi connectivity index (χ1) is 8.90. The molecule has 1 aromatic heterocycles. The second-order valence-corrected chi connectivity index (χ2v) is 7.54. The van der Waals surface area contributed by atoms with Gasteiger partial charge in [-0.15, -0.1) is 11.6 Å². The Kier molecular flexibility index (Phi) is 4.60. The van der Waals surface area contributed by atoms with Crippen LogP contribution in [0.15, 0.2) is 12.4 Å². The average Bonchev–Trinajstić information content (AvgIpc) is 2.72. The molecule has 0 aromatic carbocycles. The van der Waals surface area contributed by atoms with Crippen LogP contribution in [0.1, 0.15) is 52.3 Å². The van der Waals surface area contributed by atoms with Crippen molar-refractivity contribution >= 4 is 11.6 Å². The van der Waals surface area contributed by atoms with Crippen LogP contribution in [0.2, 0.25) is 0 Å². The second-order valence-electron chi connectivity index (χ2n) is 6.98. The van der Waals surface area contributed by atoms with Crippen LogP contribution >= 0.6 is 11.6 Å². The van der Waals surface area contributed by atoms with Crippen molar-refractivity contribution in [3.8, 4) is 0 Å². The van der Waals surface area contributed by atoms with Crippen LogP contribution in [0.4, 0.5) is 0 Å². The van der Waals surface area contributed by atoms with Crippen LogP contribution in [0.3, 0.4) is 0 Å². The van der Waals surface area contributed by atoms with E-state index in [1.165, 1.54) is 31.5 Å². The van der Waals surface area contributed by atoms with Gasteiger partial charge in [0.05, 0.1) is 0 Å². The topological polar surface area (TPSA) is 17.8 Å². The fourth-order valence-electron chi connectivity index (χ4n) is 3.45. The predicted octanol–water partition coefficient (Wildman–Crippen LogP) is 4.42. The van der Waals surface area contributed by atoms with Crippen LogP contribution < -0.4 is 0 Å². The summed E-state index contributed by atoms with van der Waals surface area (Å²) < 4.78 is 2.12. The van der Waals surface area contributed by atoms with Gasteiger partial charge in [0.2, 0.25) is 0 Å². The molecular formula is C16H27ClN2. The summed E-state index contributed by atoms with van der Waals surface area (Å²) in [7, 11) is 2.07. The Morgan fingerprint density at radius 3 is 2.74 bits per heavy atom. The maximum Gasteiger partial charge on any atom is 0.108 e. The summed E-state index contributed by atoms with van der Waals surface area (Å²) in [5, 5.41) is 0.347. The molecule has 3 atom stereocenters. The van der Waals surface area contributed by atoms with E-state index >= 15 is 0 Å². The molecule has 0 aliphatic heterocycles. The standard InChI is InChI=1S/C16H27ClN2/c1-12-5-6-13(14(17)11-12)16(2,3)8-7-15-18-9-10-19(15)4/h9-10,12-14H,5-8,11H2,1-4H3. The van der Waals surface area contributed by atoms with Gasteiger partial charge in [-0.25, -0.2) is 4.98 Å². The Morgan fingerprint density at radius 2 is 2.16 bits per heavy atom. The van der Waals surface area contributed by atoms with E-state index in [0.717, 1.165) is 12.3 Å². The summed E-state index contributed by atoms with van der Waals surface area (Å²) in [6.07, 6.45) is 9.91. The number of hydrogen-bond donors (Lipinski definition) is 0. The lowest BCUT2D eigenvalue weighted by molar-refractivity contribution is 0.131. The summed E-state index contributed by atoms with van der Waals surface area (Å²) in [4.78, 5) is 4.43. The molecule has 2 rings (SSSR count). The normalized spacial score (nSPS) is 28.6. The van der Waals surface area contributed by atoms with E-state index in [2.05, 4.69) is 37.4 Å². The van der Waals surface area contributed by atoms with Gasteiger partial charge in [0, 0.05) is 31.2 Å². The maximum atomic E-state index is 6.63. The Balaban J connectivity index is 1.96. The molecule has 108 valence electrons. The SMILES string of the molecule is CC1CCC(C(C)(C)CCc2nccn2C)C(Cl)C1. The molecule has 3 unspecified atom stereocenters. The third-order valence-electron chi connectivity index (χ3n) is 4.95. The van der Waals surface area contributed by atoms with E-state index in [4.69, 9.17) is 11.6 Å². The van der Waals surface area contributed by atoms with E-state index in [9.17, 15) is 0 Å². The minimum Gasteiger partial charge on any atom is -0.338 e. The number of aromatic nitrogens is 2. The summed E-state index contributed by atoms with van der Waals surface area (Å²) in [5.74, 6) is 2.62. The summed E-state index contributed by atoms with van der Waals surface area (Å²) in [6.45, 7) is 7.09. The second kappa shape index (κ2) is 5.87. The van der Waals surface area contributed by atoms with E-state index < -0.39 is 0 Å². The number of halogens is 1. The van der Waals surface area contributed by atoms with Gasteiger partial charge in [-0.1, -0.05) is 27.2 Å². The van der Waals surface area contributed by atoms with Gasteiger partial charge < -0.3 is 4.57 Å². The van der Waals surface area contributed by atoms with Gasteiger partial charge in [0.25, 0.3) is 0 Å². The fraction of sp³-hybridized carbons (Fsp3) is 0.812. The number of rotatable bonds is 4. The van der Waals surface area contributed by atoms with Gasteiger partial charge in [-0.2, -0.15) is 0 Å². The van der Waals surface area contributed by atoms with Crippen LogP contribution in [-0.4, -0.2) is 14.9 Å². The Hall–Kier alpha value is -0.500. The summed E-state index contributed by atoms with van der Waals surface area (Å²) in [6, 6.07) is 0. The highest BCUT2D eigenvalue weighted by Crippen LogP contribution is 2.44. The smallest absolute Gasteiger partial charge is 0.108 e. The molecule has 1 aliphatic rings. The summed E-state index contributed by atoms with van der Waals surface area (Å²) >= 11 is 6.63. The first kappa shape index (κ1) is 14.9. The minimum absolute atomic E-state index is 0.304. The van der Waals surface area contributed by atoms with Crippen molar-refractivity contribution in [3.05, 3.63) is 18.2 Å². The molecule has 19 heavy (non-hydrogen) atoms. The van der Waals surface area contributed by atoms with Crippen molar-refractivity contribution in [1.29, 1.82) is 0 Å². The molecule has 0 saturated heterocycles. The third kappa shape index (κ3) is 3.53. The van der Waals surface area contributed by atoms with Crippen LogP contribution in [0.25, 0.3) is 0 Å². The minimum atomic E-state index is 0.304. The third-order valence-corrected chi connectivity index (χ3v) is 5.43. The predicted molar refractivity (Wildman–Crippen MR) is 81.5 cm³/mol. The zero-order chi connectivity index (χ0) is 14.0. The van der Waals surface area contributed by atoms with Crippen LogP contribution in [0, 0.1) is 17.3 Å². The van der Waals surface area contributed by atoms with Crippen LogP contribution in [0.5, 0.6) is 0 Å². The lowest BCUT2D eigenvalue weighted by atomic mass is 9.67. The van der Waals surface area contributed by atoms with Crippen LogP contribution in [-0.2, 0) is 13.5 Å². The highest BCUT2D eigenvalue weighted by atomic mass is 35.5. The molecule has 1 aliphatic carbocycles.